The number of aromatic nitrogens is 1. The van der Waals surface area contributed by atoms with E-state index in [1.54, 1.807) is 29.2 Å². The van der Waals surface area contributed by atoms with Crippen LogP contribution >= 0.6 is 0 Å². The maximum atomic E-state index is 13.0. The normalized spacial score (nSPS) is 18.3. The summed E-state index contributed by atoms with van der Waals surface area (Å²) in [5.74, 6) is -0.747. The van der Waals surface area contributed by atoms with E-state index in [1.165, 1.54) is 0 Å². The minimum Gasteiger partial charge on any atom is -0.507 e. The molecule has 0 bridgehead atoms. The Labute approximate surface area is 174 Å². The molecular weight excluding hydrogens is 380 g/mol. The molecule has 2 aromatic carbocycles. The summed E-state index contributed by atoms with van der Waals surface area (Å²) >= 11 is 0. The third-order valence-electron chi connectivity index (χ3n) is 5.36. The molecule has 0 radical (unpaired) electrons. The van der Waals surface area contributed by atoms with Gasteiger partial charge in [-0.25, -0.2) is 0 Å². The van der Waals surface area contributed by atoms with Gasteiger partial charge in [0.05, 0.1) is 18.2 Å². The van der Waals surface area contributed by atoms with Crippen LogP contribution in [0.3, 0.4) is 0 Å². The molecule has 0 aliphatic carbocycles. The first-order valence-electron chi connectivity index (χ1n) is 10.1. The van der Waals surface area contributed by atoms with Crippen molar-refractivity contribution in [3.05, 3.63) is 71.4 Å². The number of carbonyl (C=O) groups excluding carboxylic acids is 2. The third kappa shape index (κ3) is 3.24. The largest absolute Gasteiger partial charge is 0.507 e. The van der Waals surface area contributed by atoms with Gasteiger partial charge in [0.25, 0.3) is 11.7 Å². The fourth-order valence-electron chi connectivity index (χ4n) is 4.03. The van der Waals surface area contributed by atoms with Gasteiger partial charge in [-0.1, -0.05) is 25.1 Å². The Bertz CT molecular complexity index is 1130. The van der Waals surface area contributed by atoms with E-state index in [9.17, 15) is 14.7 Å². The number of aromatic amines is 1. The maximum Gasteiger partial charge on any atom is 0.295 e. The van der Waals surface area contributed by atoms with Crippen molar-refractivity contribution in [2.75, 3.05) is 13.2 Å². The number of ketones is 1. The highest BCUT2D eigenvalue weighted by Gasteiger charge is 2.46. The fraction of sp³-hybridized carbons (Fsp3) is 0.250. The molecule has 1 atom stereocenters. The van der Waals surface area contributed by atoms with Crippen LogP contribution in [0.5, 0.6) is 5.75 Å². The predicted molar refractivity (Wildman–Crippen MR) is 115 cm³/mol. The standard InChI is InChI=1S/C24H24N2O4/c1-3-13-26-21(18-14-25-19-8-6-5-7-17(18)19)20(23(28)24(26)29)22(27)15-9-11-16(12-10-15)30-4-2/h5-12,14,21,25,27H,3-4,13H2,1-2H3/b22-20+. The summed E-state index contributed by atoms with van der Waals surface area (Å²) in [7, 11) is 0. The zero-order valence-corrected chi connectivity index (χ0v) is 17.0. The van der Waals surface area contributed by atoms with E-state index in [4.69, 9.17) is 4.74 Å². The van der Waals surface area contributed by atoms with Crippen molar-refractivity contribution >= 4 is 28.4 Å². The van der Waals surface area contributed by atoms with Gasteiger partial charge >= 0.3 is 0 Å². The van der Waals surface area contributed by atoms with Crippen molar-refractivity contribution in [2.45, 2.75) is 26.3 Å². The molecule has 3 aromatic rings. The average molecular weight is 404 g/mol. The second-order valence-corrected chi connectivity index (χ2v) is 7.24. The number of H-pyrrole nitrogens is 1. The number of hydrogen-bond donors (Lipinski definition) is 2. The lowest BCUT2D eigenvalue weighted by Gasteiger charge is -2.24. The zero-order chi connectivity index (χ0) is 21.3. The number of aliphatic hydroxyl groups excluding tert-OH is 1. The molecule has 154 valence electrons. The topological polar surface area (TPSA) is 82.6 Å². The Hall–Kier alpha value is -3.54. The highest BCUT2D eigenvalue weighted by molar-refractivity contribution is 6.46. The fourth-order valence-corrected chi connectivity index (χ4v) is 4.03. The average Bonchev–Trinajstić information content (AvgIpc) is 3.29. The van der Waals surface area contributed by atoms with Gasteiger partial charge in [-0.2, -0.15) is 0 Å². The summed E-state index contributed by atoms with van der Waals surface area (Å²) in [6.45, 7) is 4.81. The second kappa shape index (κ2) is 8.06. The number of aliphatic hydroxyl groups is 1. The summed E-state index contributed by atoms with van der Waals surface area (Å²) < 4.78 is 5.45. The molecule has 1 aliphatic rings. The van der Waals surface area contributed by atoms with Crippen LogP contribution in [0, 0.1) is 0 Å². The number of nitrogens with zero attached hydrogens (tertiary/aromatic N) is 1. The summed E-state index contributed by atoms with van der Waals surface area (Å²) in [5.41, 5.74) is 2.29. The lowest BCUT2D eigenvalue weighted by Crippen LogP contribution is -2.30. The predicted octanol–water partition coefficient (Wildman–Crippen LogP) is 4.40. The number of Topliss-reactive ketones (excluding diaryl/α,β-unsaturated/α-hetero) is 1. The van der Waals surface area contributed by atoms with Crippen LogP contribution < -0.4 is 4.74 Å². The highest BCUT2D eigenvalue weighted by Crippen LogP contribution is 2.42. The third-order valence-corrected chi connectivity index (χ3v) is 5.36. The molecule has 1 aliphatic heterocycles. The minimum absolute atomic E-state index is 0.113. The van der Waals surface area contributed by atoms with Crippen molar-refractivity contribution in [2.24, 2.45) is 0 Å². The Morgan fingerprint density at radius 2 is 1.83 bits per heavy atom. The number of likely N-dealkylation sites (tertiary alicyclic amines) is 1. The van der Waals surface area contributed by atoms with Gasteiger partial charge in [-0.3, -0.25) is 9.59 Å². The Morgan fingerprint density at radius 1 is 1.10 bits per heavy atom. The molecule has 30 heavy (non-hydrogen) atoms. The molecule has 6 nitrogen and oxygen atoms in total. The first kappa shape index (κ1) is 19.8. The molecule has 0 spiro atoms. The number of benzene rings is 2. The lowest BCUT2D eigenvalue weighted by molar-refractivity contribution is -0.139. The van der Waals surface area contributed by atoms with E-state index >= 15 is 0 Å². The number of hydrogen-bond acceptors (Lipinski definition) is 4. The van der Waals surface area contributed by atoms with Gasteiger partial charge < -0.3 is 19.7 Å². The van der Waals surface area contributed by atoms with Gasteiger partial charge in [-0.05, 0) is 43.7 Å². The first-order valence-corrected chi connectivity index (χ1v) is 10.1. The number of nitrogens with one attached hydrogen (secondary N) is 1. The molecule has 2 N–H and O–H groups in total. The molecule has 0 saturated carbocycles. The summed E-state index contributed by atoms with van der Waals surface area (Å²) in [6, 6.07) is 13.9. The molecule has 6 heteroatoms. The number of para-hydroxylation sites is 1. The monoisotopic (exact) mass is 404 g/mol. The van der Waals surface area contributed by atoms with Gasteiger partial charge in [0, 0.05) is 34.8 Å². The van der Waals surface area contributed by atoms with Crippen molar-refractivity contribution in [3.8, 4) is 5.75 Å². The maximum absolute atomic E-state index is 13.0. The zero-order valence-electron chi connectivity index (χ0n) is 17.0. The molecule has 1 unspecified atom stereocenters. The van der Waals surface area contributed by atoms with Crippen molar-refractivity contribution in [3.63, 3.8) is 0 Å². The van der Waals surface area contributed by atoms with Crippen LogP contribution in [0.2, 0.25) is 0 Å². The molecular formula is C24H24N2O4. The van der Waals surface area contributed by atoms with Crippen LogP contribution in [-0.4, -0.2) is 39.8 Å². The van der Waals surface area contributed by atoms with Crippen LogP contribution in [-0.2, 0) is 9.59 Å². The molecule has 4 rings (SSSR count). The van der Waals surface area contributed by atoms with Crippen LogP contribution in [0.4, 0.5) is 0 Å². The highest BCUT2D eigenvalue weighted by atomic mass is 16.5. The number of carbonyl (C=O) groups is 2. The molecule has 2 heterocycles. The summed E-state index contributed by atoms with van der Waals surface area (Å²) in [4.78, 5) is 30.6. The Balaban J connectivity index is 1.87. The minimum atomic E-state index is -0.662. The number of fused-ring (bicyclic) bond motifs is 1. The van der Waals surface area contributed by atoms with E-state index < -0.39 is 17.7 Å². The number of ether oxygens (including phenoxy) is 1. The van der Waals surface area contributed by atoms with Gasteiger partial charge in [-0.15, -0.1) is 0 Å². The summed E-state index contributed by atoms with van der Waals surface area (Å²) in [5, 5.41) is 12.0. The van der Waals surface area contributed by atoms with E-state index in [-0.39, 0.29) is 11.3 Å². The molecule has 1 aromatic heterocycles. The van der Waals surface area contributed by atoms with E-state index in [0.29, 0.717) is 30.9 Å². The van der Waals surface area contributed by atoms with Crippen molar-refractivity contribution < 1.29 is 19.4 Å². The Kier molecular flexibility index (Phi) is 5.31. The molecule has 1 fully saturated rings. The van der Waals surface area contributed by atoms with Crippen molar-refractivity contribution in [1.29, 1.82) is 0 Å². The smallest absolute Gasteiger partial charge is 0.295 e. The summed E-state index contributed by atoms with van der Waals surface area (Å²) in [6.07, 6.45) is 2.52. The SMILES string of the molecule is CCCN1C(=O)C(=O)/C(=C(/O)c2ccc(OCC)cc2)C1c1c[nH]c2ccccc12. The van der Waals surface area contributed by atoms with Gasteiger partial charge in [0.1, 0.15) is 11.5 Å². The number of rotatable bonds is 6. The van der Waals surface area contributed by atoms with Gasteiger partial charge in [0.2, 0.25) is 0 Å². The van der Waals surface area contributed by atoms with E-state index in [2.05, 4.69) is 4.98 Å². The van der Waals surface area contributed by atoms with Crippen LogP contribution in [0.25, 0.3) is 16.7 Å². The molecule has 1 saturated heterocycles. The molecule has 1 amide bonds. The van der Waals surface area contributed by atoms with Crippen LogP contribution in [0.15, 0.2) is 60.3 Å². The first-order chi connectivity index (χ1) is 14.6. The van der Waals surface area contributed by atoms with Gasteiger partial charge in [0.15, 0.2) is 0 Å². The second-order valence-electron chi connectivity index (χ2n) is 7.24. The van der Waals surface area contributed by atoms with Crippen molar-refractivity contribution in [1.82, 2.24) is 9.88 Å². The van der Waals surface area contributed by atoms with E-state index in [1.807, 2.05) is 44.3 Å². The lowest BCUT2D eigenvalue weighted by atomic mass is 9.95. The number of amides is 1. The quantitative estimate of drug-likeness (QED) is 0.362. The van der Waals surface area contributed by atoms with E-state index in [0.717, 1.165) is 16.5 Å². The van der Waals surface area contributed by atoms with Crippen LogP contribution in [0.1, 0.15) is 37.4 Å². The Morgan fingerprint density at radius 3 is 2.53 bits per heavy atom.